The zero-order chi connectivity index (χ0) is 16.1. The largest absolute Gasteiger partial charge is 0.478 e. The van der Waals surface area contributed by atoms with E-state index in [4.69, 9.17) is 21.4 Å². The normalized spacial score (nSPS) is 10.1. The van der Waals surface area contributed by atoms with Crippen LogP contribution in [0, 0.1) is 0 Å². The molecule has 114 valence electrons. The fraction of sp³-hybridized carbons (Fsp3) is 0.0667. The number of benzene rings is 2. The minimum atomic E-state index is -1.18. The molecule has 2 aromatic rings. The van der Waals surface area contributed by atoms with Crippen molar-refractivity contribution in [3.05, 3.63) is 63.1 Å². The van der Waals surface area contributed by atoms with Crippen molar-refractivity contribution in [3.63, 3.8) is 0 Å². The Kier molecular flexibility index (Phi) is 5.41. The van der Waals surface area contributed by atoms with Crippen molar-refractivity contribution in [1.82, 2.24) is 0 Å². The molecular formula is C15H11BrClNO4. The molecular weight excluding hydrogens is 374 g/mol. The van der Waals surface area contributed by atoms with Crippen molar-refractivity contribution in [2.24, 2.45) is 0 Å². The van der Waals surface area contributed by atoms with E-state index in [1.54, 1.807) is 0 Å². The average Bonchev–Trinajstić information content (AvgIpc) is 2.49. The van der Waals surface area contributed by atoms with Gasteiger partial charge in [0.1, 0.15) is 6.61 Å². The van der Waals surface area contributed by atoms with Crippen LogP contribution in [0.4, 0.5) is 10.5 Å². The van der Waals surface area contributed by atoms with Gasteiger partial charge in [-0.2, -0.15) is 0 Å². The number of anilines is 1. The van der Waals surface area contributed by atoms with Crippen LogP contribution in [-0.2, 0) is 11.3 Å². The molecule has 5 nitrogen and oxygen atoms in total. The van der Waals surface area contributed by atoms with Gasteiger partial charge in [-0.05, 0) is 33.6 Å². The number of rotatable bonds is 4. The maximum atomic E-state index is 11.8. The van der Waals surface area contributed by atoms with E-state index in [2.05, 4.69) is 21.2 Å². The average molecular weight is 385 g/mol. The predicted octanol–water partition coefficient (Wildman–Crippen LogP) is 4.55. The van der Waals surface area contributed by atoms with Gasteiger partial charge in [-0.15, -0.1) is 0 Å². The van der Waals surface area contributed by atoms with Gasteiger partial charge in [0.25, 0.3) is 0 Å². The van der Waals surface area contributed by atoms with Crippen LogP contribution in [0.2, 0.25) is 5.02 Å². The van der Waals surface area contributed by atoms with E-state index < -0.39 is 12.1 Å². The summed E-state index contributed by atoms with van der Waals surface area (Å²) in [5.41, 5.74) is 0.802. The third kappa shape index (κ3) is 4.22. The second-order valence-corrected chi connectivity index (χ2v) is 5.57. The topological polar surface area (TPSA) is 75.6 Å². The smallest absolute Gasteiger partial charge is 0.411 e. The summed E-state index contributed by atoms with van der Waals surface area (Å²) >= 11 is 9.05. The summed E-state index contributed by atoms with van der Waals surface area (Å²) in [7, 11) is 0. The minimum Gasteiger partial charge on any atom is -0.478 e. The van der Waals surface area contributed by atoms with E-state index in [9.17, 15) is 9.59 Å². The summed E-state index contributed by atoms with van der Waals surface area (Å²) in [6, 6.07) is 11.8. The van der Waals surface area contributed by atoms with Crippen LogP contribution in [0.1, 0.15) is 15.9 Å². The van der Waals surface area contributed by atoms with E-state index in [1.165, 1.54) is 12.1 Å². The van der Waals surface area contributed by atoms with E-state index in [0.29, 0.717) is 4.47 Å². The van der Waals surface area contributed by atoms with Crippen LogP contribution in [0.25, 0.3) is 0 Å². The van der Waals surface area contributed by atoms with Crippen LogP contribution in [0.15, 0.2) is 46.9 Å². The molecule has 2 rings (SSSR count). The molecule has 2 N–H and O–H groups in total. The molecule has 0 aliphatic rings. The monoisotopic (exact) mass is 383 g/mol. The molecule has 0 bridgehead atoms. The summed E-state index contributed by atoms with van der Waals surface area (Å²) in [6.45, 7) is 0.0827. The fourth-order valence-corrected chi connectivity index (χ4v) is 2.20. The lowest BCUT2D eigenvalue weighted by Gasteiger charge is -2.10. The van der Waals surface area contributed by atoms with E-state index in [1.807, 2.05) is 30.3 Å². The fourth-order valence-electron chi connectivity index (χ4n) is 1.70. The summed E-state index contributed by atoms with van der Waals surface area (Å²) in [6.07, 6.45) is -0.759. The molecule has 0 aliphatic heterocycles. The van der Waals surface area contributed by atoms with Gasteiger partial charge >= 0.3 is 12.1 Å². The van der Waals surface area contributed by atoms with Gasteiger partial charge in [0.15, 0.2) is 0 Å². The summed E-state index contributed by atoms with van der Waals surface area (Å²) < 4.78 is 5.46. The van der Waals surface area contributed by atoms with Gasteiger partial charge in [-0.3, -0.25) is 5.32 Å². The Morgan fingerprint density at radius 3 is 2.55 bits per heavy atom. The van der Waals surface area contributed by atoms with Crippen LogP contribution in [-0.4, -0.2) is 17.2 Å². The first kappa shape index (κ1) is 16.3. The molecule has 0 unspecified atom stereocenters. The number of nitrogens with one attached hydrogen (secondary N) is 1. The van der Waals surface area contributed by atoms with Gasteiger partial charge < -0.3 is 9.84 Å². The number of amides is 1. The number of carbonyl (C=O) groups excluding carboxylic acids is 1. The molecule has 22 heavy (non-hydrogen) atoms. The first-order valence-electron chi connectivity index (χ1n) is 6.17. The molecule has 0 aliphatic carbocycles. The number of carbonyl (C=O) groups is 2. The summed E-state index contributed by atoms with van der Waals surface area (Å²) in [5, 5.41) is 11.8. The standard InChI is InChI=1S/C15H11BrClNO4/c16-11-6-10(14(19)20)13(7-12(11)17)18-15(21)22-8-9-4-2-1-3-5-9/h1-7H,8H2,(H,18,21)(H,19,20). The summed E-state index contributed by atoms with van der Waals surface area (Å²) in [5.74, 6) is -1.18. The predicted molar refractivity (Wildman–Crippen MR) is 86.4 cm³/mol. The molecule has 0 spiro atoms. The Morgan fingerprint density at radius 2 is 1.91 bits per heavy atom. The SMILES string of the molecule is O=C(Nc1cc(Cl)c(Br)cc1C(=O)O)OCc1ccccc1. The highest BCUT2D eigenvalue weighted by Gasteiger charge is 2.16. The number of aromatic carboxylic acids is 1. The first-order chi connectivity index (χ1) is 10.5. The molecule has 2 aromatic carbocycles. The third-order valence-corrected chi connectivity index (χ3v) is 3.94. The maximum absolute atomic E-state index is 11.8. The highest BCUT2D eigenvalue weighted by atomic mass is 79.9. The van der Waals surface area contributed by atoms with Gasteiger partial charge in [-0.25, -0.2) is 9.59 Å². The Morgan fingerprint density at radius 1 is 1.23 bits per heavy atom. The quantitative estimate of drug-likeness (QED) is 0.811. The molecule has 0 atom stereocenters. The summed E-state index contributed by atoms with van der Waals surface area (Å²) in [4.78, 5) is 23.0. The van der Waals surface area contributed by atoms with Gasteiger partial charge in [-0.1, -0.05) is 41.9 Å². The Balaban J connectivity index is 2.08. The van der Waals surface area contributed by atoms with Crippen LogP contribution >= 0.6 is 27.5 Å². The molecule has 1 amide bonds. The molecule has 0 radical (unpaired) electrons. The van der Waals surface area contributed by atoms with Gasteiger partial charge in [0.2, 0.25) is 0 Å². The third-order valence-electron chi connectivity index (χ3n) is 2.74. The highest BCUT2D eigenvalue weighted by Crippen LogP contribution is 2.29. The van der Waals surface area contributed by atoms with E-state index >= 15 is 0 Å². The van der Waals surface area contributed by atoms with Gasteiger partial charge in [0, 0.05) is 4.47 Å². The van der Waals surface area contributed by atoms with Crippen molar-refractivity contribution < 1.29 is 19.4 Å². The van der Waals surface area contributed by atoms with Gasteiger partial charge in [0.05, 0.1) is 16.3 Å². The Labute approximate surface area is 140 Å². The van der Waals surface area contributed by atoms with Crippen molar-refractivity contribution in [2.45, 2.75) is 6.61 Å². The second kappa shape index (κ2) is 7.29. The number of hydrogen-bond acceptors (Lipinski definition) is 3. The number of carboxylic acids is 1. The molecule has 0 fully saturated rings. The minimum absolute atomic E-state index is 0.0683. The Bertz CT molecular complexity index is 706. The second-order valence-electron chi connectivity index (χ2n) is 4.30. The van der Waals surface area contributed by atoms with Crippen molar-refractivity contribution in [3.8, 4) is 0 Å². The van der Waals surface area contributed by atoms with E-state index in [-0.39, 0.29) is 22.9 Å². The van der Waals surface area contributed by atoms with E-state index in [0.717, 1.165) is 5.56 Å². The maximum Gasteiger partial charge on any atom is 0.411 e. The van der Waals surface area contributed by atoms with Crippen LogP contribution < -0.4 is 5.32 Å². The molecule has 7 heteroatoms. The van der Waals surface area contributed by atoms with Crippen molar-refractivity contribution in [1.29, 1.82) is 0 Å². The highest BCUT2D eigenvalue weighted by molar-refractivity contribution is 9.10. The zero-order valence-corrected chi connectivity index (χ0v) is 13.5. The number of halogens is 2. The lowest BCUT2D eigenvalue weighted by atomic mass is 10.2. The number of carboxylic acid groups (broad SMARTS) is 1. The lowest BCUT2D eigenvalue weighted by molar-refractivity contribution is 0.0698. The van der Waals surface area contributed by atoms with Crippen LogP contribution in [0.3, 0.4) is 0 Å². The van der Waals surface area contributed by atoms with Crippen molar-refractivity contribution >= 4 is 45.3 Å². The molecule has 0 saturated heterocycles. The lowest BCUT2D eigenvalue weighted by Crippen LogP contribution is -2.16. The molecule has 0 heterocycles. The zero-order valence-electron chi connectivity index (χ0n) is 11.2. The first-order valence-corrected chi connectivity index (χ1v) is 7.34. The Hall–Kier alpha value is -2.05. The molecule has 0 aromatic heterocycles. The number of hydrogen-bond donors (Lipinski definition) is 2. The van der Waals surface area contributed by atoms with Crippen LogP contribution in [0.5, 0.6) is 0 Å². The van der Waals surface area contributed by atoms with Crippen molar-refractivity contribution in [2.75, 3.05) is 5.32 Å². The molecule has 0 saturated carbocycles. The number of ether oxygens (including phenoxy) is 1.